The Bertz CT molecular complexity index is 666. The van der Waals surface area contributed by atoms with Crippen molar-refractivity contribution in [2.24, 2.45) is 0 Å². The van der Waals surface area contributed by atoms with Crippen LogP contribution in [0.15, 0.2) is 29.1 Å². The van der Waals surface area contributed by atoms with Gasteiger partial charge in [0.1, 0.15) is 17.5 Å². The molecule has 1 aromatic heterocycles. The molecule has 98 valence electrons. The van der Waals surface area contributed by atoms with E-state index in [1.54, 1.807) is 6.07 Å². The Hall–Kier alpha value is -2.17. The van der Waals surface area contributed by atoms with Gasteiger partial charge in [-0.15, -0.1) is 0 Å². The van der Waals surface area contributed by atoms with E-state index < -0.39 is 0 Å². The van der Waals surface area contributed by atoms with Crippen molar-refractivity contribution in [1.29, 1.82) is 0 Å². The van der Waals surface area contributed by atoms with Gasteiger partial charge in [-0.3, -0.25) is 4.79 Å². The zero-order chi connectivity index (χ0) is 13.2. The lowest BCUT2D eigenvalue weighted by Gasteiger charge is -2.16. The lowest BCUT2D eigenvalue weighted by Crippen LogP contribution is -2.25. The first kappa shape index (κ1) is 11.9. The fourth-order valence-electron chi connectivity index (χ4n) is 2.32. The first-order chi connectivity index (χ1) is 9.22. The molecule has 0 saturated carbocycles. The van der Waals surface area contributed by atoms with E-state index in [2.05, 4.69) is 15.3 Å². The second kappa shape index (κ2) is 4.84. The summed E-state index contributed by atoms with van der Waals surface area (Å²) in [5, 5.41) is 3.14. The monoisotopic (exact) mass is 259 g/mol. The minimum absolute atomic E-state index is 0.0939. The number of H-pyrrole nitrogens is 1. The van der Waals surface area contributed by atoms with Crippen LogP contribution in [0.5, 0.6) is 0 Å². The summed E-state index contributed by atoms with van der Waals surface area (Å²) < 4.78 is 13.1. The molecule has 0 fully saturated rings. The number of nitrogens with one attached hydrogen (secondary N) is 2. The highest BCUT2D eigenvalue weighted by molar-refractivity contribution is 5.45. The molecular formula is C14H14FN3O. The van der Waals surface area contributed by atoms with E-state index >= 15 is 0 Å². The maximum atomic E-state index is 13.1. The summed E-state index contributed by atoms with van der Waals surface area (Å²) in [5.74, 6) is 0.945. The number of aromatic amines is 1. The number of rotatable bonds is 2. The van der Waals surface area contributed by atoms with Crippen LogP contribution in [0.3, 0.4) is 0 Å². The molecule has 2 aromatic rings. The Balaban J connectivity index is 1.94. The van der Waals surface area contributed by atoms with E-state index in [0.717, 1.165) is 24.9 Å². The molecule has 0 atom stereocenters. The summed E-state index contributed by atoms with van der Waals surface area (Å²) in [6, 6.07) is 6.32. The van der Waals surface area contributed by atoms with Crippen molar-refractivity contribution in [3.05, 3.63) is 57.4 Å². The highest BCUT2D eigenvalue weighted by Crippen LogP contribution is 2.16. The number of halogens is 1. The summed E-state index contributed by atoms with van der Waals surface area (Å²) in [6.45, 7) is 0.836. The van der Waals surface area contributed by atoms with Crippen molar-refractivity contribution in [2.75, 3.05) is 11.9 Å². The van der Waals surface area contributed by atoms with Crippen molar-refractivity contribution < 1.29 is 4.39 Å². The number of aromatic nitrogens is 2. The van der Waals surface area contributed by atoms with Gasteiger partial charge in [-0.25, -0.2) is 9.37 Å². The number of hydrogen-bond acceptors (Lipinski definition) is 3. The van der Waals surface area contributed by atoms with Crippen LogP contribution in [-0.4, -0.2) is 16.5 Å². The summed E-state index contributed by atoms with van der Waals surface area (Å²) in [6.07, 6.45) is 2.12. The van der Waals surface area contributed by atoms with Gasteiger partial charge in [0.2, 0.25) is 0 Å². The van der Waals surface area contributed by atoms with E-state index in [0.29, 0.717) is 23.6 Å². The molecule has 1 aliphatic rings. The van der Waals surface area contributed by atoms with Crippen molar-refractivity contribution in [3.63, 3.8) is 0 Å². The fraction of sp³-hybridized carbons (Fsp3) is 0.286. The van der Waals surface area contributed by atoms with E-state index in [1.165, 1.54) is 12.1 Å². The third-order valence-corrected chi connectivity index (χ3v) is 3.22. The van der Waals surface area contributed by atoms with Gasteiger partial charge in [0.05, 0.1) is 5.56 Å². The van der Waals surface area contributed by atoms with Crippen LogP contribution < -0.4 is 10.9 Å². The zero-order valence-electron chi connectivity index (χ0n) is 10.4. The van der Waals surface area contributed by atoms with Crippen LogP contribution in [-0.2, 0) is 12.8 Å². The van der Waals surface area contributed by atoms with E-state index in [9.17, 15) is 9.18 Å². The molecule has 4 nitrogen and oxygen atoms in total. The summed E-state index contributed by atoms with van der Waals surface area (Å²) >= 11 is 0. The van der Waals surface area contributed by atoms with Crippen LogP contribution in [0, 0.1) is 5.82 Å². The molecule has 19 heavy (non-hydrogen) atoms. The van der Waals surface area contributed by atoms with E-state index in [4.69, 9.17) is 0 Å². The fourth-order valence-corrected chi connectivity index (χ4v) is 2.32. The van der Waals surface area contributed by atoms with Crippen molar-refractivity contribution in [2.45, 2.75) is 19.3 Å². The van der Waals surface area contributed by atoms with Gasteiger partial charge in [0.15, 0.2) is 0 Å². The SMILES string of the molecule is O=c1[nH]c(Cc2cccc(F)c2)nc2c1CCCN2. The van der Waals surface area contributed by atoms with Gasteiger partial charge in [0.25, 0.3) is 5.56 Å². The Morgan fingerprint density at radius 3 is 3.11 bits per heavy atom. The van der Waals surface area contributed by atoms with Crippen LogP contribution >= 0.6 is 0 Å². The Kier molecular flexibility index (Phi) is 3.03. The standard InChI is InChI=1S/C14H14FN3O/c15-10-4-1-3-9(7-10)8-12-17-13-11(14(19)18-12)5-2-6-16-13/h1,3-4,7H,2,5-6,8H2,(H2,16,17,18,19). The molecule has 0 amide bonds. The lowest BCUT2D eigenvalue weighted by atomic mass is 10.1. The van der Waals surface area contributed by atoms with Gasteiger partial charge < -0.3 is 10.3 Å². The maximum Gasteiger partial charge on any atom is 0.256 e. The van der Waals surface area contributed by atoms with Crippen LogP contribution in [0.25, 0.3) is 0 Å². The van der Waals surface area contributed by atoms with Gasteiger partial charge in [-0.05, 0) is 30.5 Å². The Morgan fingerprint density at radius 2 is 2.26 bits per heavy atom. The number of fused-ring (bicyclic) bond motifs is 1. The average Bonchev–Trinajstić information content (AvgIpc) is 2.39. The van der Waals surface area contributed by atoms with Gasteiger partial charge >= 0.3 is 0 Å². The molecule has 1 aliphatic heterocycles. The molecule has 2 N–H and O–H groups in total. The van der Waals surface area contributed by atoms with Crippen molar-refractivity contribution in [3.8, 4) is 0 Å². The third-order valence-electron chi connectivity index (χ3n) is 3.22. The normalized spacial score (nSPS) is 13.7. The van der Waals surface area contributed by atoms with Gasteiger partial charge in [-0.1, -0.05) is 12.1 Å². The molecule has 2 heterocycles. The summed E-state index contributed by atoms with van der Waals surface area (Å²) in [7, 11) is 0. The quantitative estimate of drug-likeness (QED) is 0.865. The molecule has 3 rings (SSSR count). The molecule has 0 radical (unpaired) electrons. The van der Waals surface area contributed by atoms with Gasteiger partial charge in [-0.2, -0.15) is 0 Å². The molecular weight excluding hydrogens is 245 g/mol. The number of benzene rings is 1. The molecule has 0 aliphatic carbocycles. The average molecular weight is 259 g/mol. The van der Waals surface area contributed by atoms with Crippen LogP contribution in [0.2, 0.25) is 0 Å². The molecule has 0 unspecified atom stereocenters. The minimum atomic E-state index is -0.282. The number of hydrogen-bond donors (Lipinski definition) is 2. The zero-order valence-corrected chi connectivity index (χ0v) is 10.4. The highest BCUT2D eigenvalue weighted by Gasteiger charge is 2.15. The summed E-state index contributed by atoms with van der Waals surface area (Å²) in [4.78, 5) is 19.1. The molecule has 5 heteroatoms. The second-order valence-electron chi connectivity index (χ2n) is 4.68. The van der Waals surface area contributed by atoms with Gasteiger partial charge in [0, 0.05) is 13.0 Å². The first-order valence-electron chi connectivity index (χ1n) is 6.33. The number of anilines is 1. The first-order valence-corrected chi connectivity index (χ1v) is 6.33. The lowest BCUT2D eigenvalue weighted by molar-refractivity contribution is 0.625. The third kappa shape index (κ3) is 2.50. The Morgan fingerprint density at radius 1 is 1.37 bits per heavy atom. The van der Waals surface area contributed by atoms with Crippen molar-refractivity contribution in [1.82, 2.24) is 9.97 Å². The molecule has 1 aromatic carbocycles. The Labute approximate surface area is 109 Å². The van der Waals surface area contributed by atoms with E-state index in [1.807, 2.05) is 6.07 Å². The van der Waals surface area contributed by atoms with Crippen LogP contribution in [0.4, 0.5) is 10.2 Å². The summed E-state index contributed by atoms with van der Waals surface area (Å²) in [5.41, 5.74) is 1.41. The predicted octanol–water partition coefficient (Wildman–Crippen LogP) is 1.86. The van der Waals surface area contributed by atoms with E-state index in [-0.39, 0.29) is 11.4 Å². The topological polar surface area (TPSA) is 57.8 Å². The smallest absolute Gasteiger partial charge is 0.256 e. The largest absolute Gasteiger partial charge is 0.370 e. The predicted molar refractivity (Wildman–Crippen MR) is 70.9 cm³/mol. The number of nitrogens with zero attached hydrogens (tertiary/aromatic N) is 1. The molecule has 0 spiro atoms. The van der Waals surface area contributed by atoms with Crippen LogP contribution in [0.1, 0.15) is 23.4 Å². The molecule has 0 bridgehead atoms. The highest BCUT2D eigenvalue weighted by atomic mass is 19.1. The maximum absolute atomic E-state index is 13.1. The van der Waals surface area contributed by atoms with Crippen molar-refractivity contribution >= 4 is 5.82 Å². The second-order valence-corrected chi connectivity index (χ2v) is 4.68. The molecule has 0 saturated heterocycles. The minimum Gasteiger partial charge on any atom is -0.370 e.